The molecule has 0 aliphatic rings. The Labute approximate surface area is 136 Å². The molecule has 6 heteroatoms. The third-order valence-corrected chi connectivity index (χ3v) is 3.18. The van der Waals surface area contributed by atoms with Crippen molar-refractivity contribution in [2.24, 2.45) is 0 Å². The van der Waals surface area contributed by atoms with Gasteiger partial charge in [-0.2, -0.15) is 0 Å². The highest BCUT2D eigenvalue weighted by Gasteiger charge is 2.23. The van der Waals surface area contributed by atoms with Crippen LogP contribution in [0, 0.1) is 11.8 Å². The largest absolute Gasteiger partial charge is 0.496 e. The van der Waals surface area contributed by atoms with Gasteiger partial charge in [0, 0.05) is 25.2 Å². The van der Waals surface area contributed by atoms with Gasteiger partial charge in [0.1, 0.15) is 17.1 Å². The molecule has 1 amide bonds. The fraction of sp³-hybridized carbons (Fsp3) is 0.412. The predicted octanol–water partition coefficient (Wildman–Crippen LogP) is 2.75. The maximum absolute atomic E-state index is 12.2. The second-order valence-electron chi connectivity index (χ2n) is 4.45. The number of amides is 1. The van der Waals surface area contributed by atoms with Crippen molar-refractivity contribution in [1.82, 2.24) is 4.90 Å². The molecule has 0 saturated carbocycles. The summed E-state index contributed by atoms with van der Waals surface area (Å²) in [5, 5.41) is 0. The normalized spacial score (nSPS) is 9.43. The van der Waals surface area contributed by atoms with Gasteiger partial charge < -0.3 is 19.1 Å². The highest BCUT2D eigenvalue weighted by molar-refractivity contribution is 6.13. The summed E-state index contributed by atoms with van der Waals surface area (Å²) in [6.45, 7) is 6.22. The first-order valence-electron chi connectivity index (χ1n) is 7.22. The number of benzene rings is 1. The van der Waals surface area contributed by atoms with E-state index in [4.69, 9.17) is 14.2 Å². The van der Waals surface area contributed by atoms with Crippen LogP contribution in [-0.2, 0) is 0 Å². The minimum atomic E-state index is -0.552. The van der Waals surface area contributed by atoms with E-state index in [0.29, 0.717) is 18.8 Å². The highest BCUT2D eigenvalue weighted by Crippen LogP contribution is 2.34. The molecule has 0 aromatic heterocycles. The first kappa shape index (κ1) is 18.4. The number of ketones is 1. The molecule has 124 valence electrons. The number of hydrogen-bond donors (Lipinski definition) is 0. The number of Topliss-reactive ketones (excluding diaryl/α,β-unsaturated/α-hetero) is 1. The molecule has 0 unspecified atom stereocenters. The molecule has 0 saturated heterocycles. The van der Waals surface area contributed by atoms with Crippen LogP contribution in [0.5, 0.6) is 17.2 Å². The van der Waals surface area contributed by atoms with E-state index in [0.717, 1.165) is 0 Å². The summed E-state index contributed by atoms with van der Waals surface area (Å²) >= 11 is 0. The number of carbonyl (C=O) groups is 2. The minimum absolute atomic E-state index is 0.0610. The second-order valence-corrected chi connectivity index (χ2v) is 4.45. The summed E-state index contributed by atoms with van der Waals surface area (Å²) in [6.07, 6.45) is -0.552. The number of ether oxygens (including phenoxy) is 3. The van der Waals surface area contributed by atoms with Gasteiger partial charge in [-0.3, -0.25) is 4.79 Å². The van der Waals surface area contributed by atoms with Crippen molar-refractivity contribution in [2.75, 3.05) is 27.3 Å². The first-order chi connectivity index (χ1) is 11.0. The zero-order chi connectivity index (χ0) is 17.4. The fourth-order valence-electron chi connectivity index (χ4n) is 1.97. The van der Waals surface area contributed by atoms with Crippen LogP contribution in [0.15, 0.2) is 12.1 Å². The Morgan fingerprint density at radius 2 is 1.70 bits per heavy atom. The van der Waals surface area contributed by atoms with E-state index in [-0.39, 0.29) is 17.1 Å². The Kier molecular flexibility index (Phi) is 6.94. The quantitative estimate of drug-likeness (QED) is 0.458. The maximum Gasteiger partial charge on any atom is 0.415 e. The van der Waals surface area contributed by atoms with E-state index in [1.54, 1.807) is 13.0 Å². The van der Waals surface area contributed by atoms with Gasteiger partial charge in [-0.25, -0.2) is 4.79 Å². The lowest BCUT2D eigenvalue weighted by molar-refractivity contribution is 0.105. The molecule has 1 aromatic carbocycles. The fourth-order valence-corrected chi connectivity index (χ4v) is 1.97. The summed E-state index contributed by atoms with van der Waals surface area (Å²) in [6, 6.07) is 3.01. The van der Waals surface area contributed by atoms with E-state index >= 15 is 0 Å². The lowest BCUT2D eigenvalue weighted by atomic mass is 10.1. The van der Waals surface area contributed by atoms with Crippen molar-refractivity contribution in [3.05, 3.63) is 17.7 Å². The average Bonchev–Trinajstić information content (AvgIpc) is 2.55. The van der Waals surface area contributed by atoms with Crippen molar-refractivity contribution in [1.29, 1.82) is 0 Å². The van der Waals surface area contributed by atoms with Gasteiger partial charge in [-0.1, -0.05) is 5.92 Å². The Morgan fingerprint density at radius 3 is 2.17 bits per heavy atom. The van der Waals surface area contributed by atoms with Crippen LogP contribution in [0.3, 0.4) is 0 Å². The third-order valence-electron chi connectivity index (χ3n) is 3.18. The molecule has 0 aliphatic carbocycles. The Balaban J connectivity index is 3.38. The molecule has 0 heterocycles. The monoisotopic (exact) mass is 319 g/mol. The zero-order valence-corrected chi connectivity index (χ0v) is 14.1. The van der Waals surface area contributed by atoms with E-state index in [1.165, 1.54) is 25.2 Å². The predicted molar refractivity (Wildman–Crippen MR) is 86.3 cm³/mol. The van der Waals surface area contributed by atoms with E-state index < -0.39 is 11.9 Å². The van der Waals surface area contributed by atoms with Crippen molar-refractivity contribution in [3.8, 4) is 29.1 Å². The summed E-state index contributed by atoms with van der Waals surface area (Å²) in [5.41, 5.74) is 0.100. The molecule has 6 nitrogen and oxygen atoms in total. The van der Waals surface area contributed by atoms with Crippen LogP contribution in [0.2, 0.25) is 0 Å². The Hall–Kier alpha value is -2.68. The topological polar surface area (TPSA) is 65.1 Å². The second kappa shape index (κ2) is 8.69. The molecular weight excluding hydrogens is 298 g/mol. The number of nitrogens with zero attached hydrogens (tertiary/aromatic N) is 1. The van der Waals surface area contributed by atoms with Crippen LogP contribution in [0.25, 0.3) is 0 Å². The van der Waals surface area contributed by atoms with Gasteiger partial charge in [0.25, 0.3) is 0 Å². The highest BCUT2D eigenvalue weighted by atomic mass is 16.6. The molecule has 1 rings (SSSR count). The minimum Gasteiger partial charge on any atom is -0.496 e. The van der Waals surface area contributed by atoms with Crippen molar-refractivity contribution < 1.29 is 23.8 Å². The molecule has 23 heavy (non-hydrogen) atoms. The lowest BCUT2D eigenvalue weighted by Gasteiger charge is -2.19. The first-order valence-corrected chi connectivity index (χ1v) is 7.22. The van der Waals surface area contributed by atoms with E-state index in [2.05, 4.69) is 11.8 Å². The molecule has 1 aromatic rings. The van der Waals surface area contributed by atoms with Crippen LogP contribution >= 0.6 is 0 Å². The van der Waals surface area contributed by atoms with Gasteiger partial charge >= 0.3 is 6.09 Å². The molecule has 0 radical (unpaired) electrons. The summed E-state index contributed by atoms with van der Waals surface area (Å²) < 4.78 is 15.8. The zero-order valence-electron chi connectivity index (χ0n) is 14.1. The van der Waals surface area contributed by atoms with Crippen molar-refractivity contribution in [3.63, 3.8) is 0 Å². The summed E-state index contributed by atoms with van der Waals surface area (Å²) in [4.78, 5) is 25.9. The van der Waals surface area contributed by atoms with Gasteiger partial charge in [0.15, 0.2) is 5.75 Å². The molecule has 0 atom stereocenters. The van der Waals surface area contributed by atoms with Crippen LogP contribution in [0.4, 0.5) is 4.79 Å². The number of hydrogen-bond acceptors (Lipinski definition) is 5. The Bertz CT molecular complexity index is 638. The van der Waals surface area contributed by atoms with Gasteiger partial charge in [0.2, 0.25) is 5.78 Å². The summed E-state index contributed by atoms with van der Waals surface area (Å²) in [7, 11) is 2.89. The number of rotatable bonds is 6. The Morgan fingerprint density at radius 1 is 1.09 bits per heavy atom. The molecular formula is C17H21NO5. The van der Waals surface area contributed by atoms with Crippen LogP contribution in [-0.4, -0.2) is 44.1 Å². The molecule has 0 N–H and O–H groups in total. The smallest absolute Gasteiger partial charge is 0.415 e. The number of carbonyl (C=O) groups excluding carboxylic acids is 2. The SMILES string of the molecule is CC#CC(=O)c1c(OC)cc(OC)cc1OC(=O)N(CC)CC. The summed E-state index contributed by atoms with van der Waals surface area (Å²) in [5.74, 6) is 5.18. The van der Waals surface area contributed by atoms with Crippen molar-refractivity contribution >= 4 is 11.9 Å². The van der Waals surface area contributed by atoms with Gasteiger partial charge in [0.05, 0.1) is 14.2 Å². The molecule has 0 aliphatic heterocycles. The molecule has 0 spiro atoms. The maximum atomic E-state index is 12.2. The molecule has 0 bridgehead atoms. The van der Waals surface area contributed by atoms with Crippen LogP contribution in [0.1, 0.15) is 31.1 Å². The number of methoxy groups -OCH3 is 2. The molecule has 0 fully saturated rings. The van der Waals surface area contributed by atoms with Crippen LogP contribution < -0.4 is 14.2 Å². The van der Waals surface area contributed by atoms with E-state index in [9.17, 15) is 9.59 Å². The third kappa shape index (κ3) is 4.39. The van der Waals surface area contributed by atoms with Gasteiger partial charge in [-0.05, 0) is 26.7 Å². The van der Waals surface area contributed by atoms with Gasteiger partial charge in [-0.15, -0.1) is 0 Å². The van der Waals surface area contributed by atoms with E-state index in [1.807, 2.05) is 13.8 Å². The lowest BCUT2D eigenvalue weighted by Crippen LogP contribution is -2.33. The average molecular weight is 319 g/mol. The van der Waals surface area contributed by atoms with Crippen molar-refractivity contribution in [2.45, 2.75) is 20.8 Å². The standard InChI is InChI=1S/C17H21NO5/c1-6-9-13(19)16-14(22-5)10-12(21-4)11-15(16)23-17(20)18(7-2)8-3/h10-11H,7-8H2,1-5H3.